The minimum absolute atomic E-state index is 0.0137. The van der Waals surface area contributed by atoms with Crippen molar-refractivity contribution >= 4 is 24.6 Å². The highest BCUT2D eigenvalue weighted by Crippen LogP contribution is 2.19. The molecule has 0 aliphatic carbocycles. The smallest absolute Gasteiger partial charge is 0.336 e. The predicted molar refractivity (Wildman–Crippen MR) is 52.3 cm³/mol. The van der Waals surface area contributed by atoms with Crippen LogP contribution >= 0.6 is 12.6 Å². The molecule has 0 heterocycles. The van der Waals surface area contributed by atoms with Crippen LogP contribution in [0.4, 0.5) is 0 Å². The maximum Gasteiger partial charge on any atom is 0.336 e. The van der Waals surface area contributed by atoms with E-state index in [0.717, 1.165) is 6.07 Å². The molecule has 0 amide bonds. The van der Waals surface area contributed by atoms with Gasteiger partial charge in [0.2, 0.25) is 0 Å². The number of carbonyl (C=O) groups is 2. The Kier molecular flexibility index (Phi) is 2.81. The Morgan fingerprint density at radius 1 is 1.14 bits per heavy atom. The zero-order valence-corrected chi connectivity index (χ0v) is 8.21. The van der Waals surface area contributed by atoms with E-state index in [0.29, 0.717) is 5.56 Å². The van der Waals surface area contributed by atoms with Crippen molar-refractivity contribution in [1.82, 2.24) is 0 Å². The topological polar surface area (TPSA) is 74.6 Å². The summed E-state index contributed by atoms with van der Waals surface area (Å²) >= 11 is 3.95. The number of carboxylic acid groups (broad SMARTS) is 2. The van der Waals surface area contributed by atoms with Crippen LogP contribution in [0.25, 0.3) is 0 Å². The van der Waals surface area contributed by atoms with Gasteiger partial charge >= 0.3 is 11.9 Å². The molecule has 0 unspecified atom stereocenters. The van der Waals surface area contributed by atoms with Crippen molar-refractivity contribution in [2.24, 2.45) is 0 Å². The molecule has 0 saturated carbocycles. The zero-order valence-electron chi connectivity index (χ0n) is 7.31. The number of hydrogen-bond acceptors (Lipinski definition) is 3. The van der Waals surface area contributed by atoms with Gasteiger partial charge in [0.1, 0.15) is 0 Å². The van der Waals surface area contributed by atoms with Gasteiger partial charge in [-0.15, -0.1) is 12.6 Å². The first-order valence-electron chi connectivity index (χ1n) is 3.73. The first kappa shape index (κ1) is 10.6. The molecular formula is C9H8O4S. The van der Waals surface area contributed by atoms with Crippen LogP contribution in [-0.2, 0) is 0 Å². The zero-order chi connectivity index (χ0) is 10.9. The van der Waals surface area contributed by atoms with Gasteiger partial charge in [-0.1, -0.05) is 0 Å². The molecule has 2 N–H and O–H groups in total. The first-order valence-corrected chi connectivity index (χ1v) is 4.18. The van der Waals surface area contributed by atoms with Crippen LogP contribution in [0.2, 0.25) is 0 Å². The van der Waals surface area contributed by atoms with Gasteiger partial charge in [0.05, 0.1) is 11.1 Å². The Labute approximate surface area is 85.6 Å². The maximum absolute atomic E-state index is 10.7. The van der Waals surface area contributed by atoms with Crippen molar-refractivity contribution in [3.63, 3.8) is 0 Å². The van der Waals surface area contributed by atoms with Crippen molar-refractivity contribution < 1.29 is 19.8 Å². The average Bonchev–Trinajstić information content (AvgIpc) is 2.02. The summed E-state index contributed by atoms with van der Waals surface area (Å²) in [6.45, 7) is 1.59. The molecular weight excluding hydrogens is 204 g/mol. The Morgan fingerprint density at radius 3 is 2.07 bits per heavy atom. The number of carboxylic acids is 2. The van der Waals surface area contributed by atoms with E-state index in [9.17, 15) is 9.59 Å². The monoisotopic (exact) mass is 212 g/mol. The summed E-state index contributed by atoms with van der Waals surface area (Å²) in [6, 6.07) is 2.54. The molecule has 0 aromatic heterocycles. The molecule has 0 bridgehead atoms. The summed E-state index contributed by atoms with van der Waals surface area (Å²) < 4.78 is 0. The summed E-state index contributed by atoms with van der Waals surface area (Å²) in [5.74, 6) is -2.32. The fourth-order valence-electron chi connectivity index (χ4n) is 1.09. The third kappa shape index (κ3) is 1.88. The standard InChI is InChI=1S/C9H8O4S/c1-4-2-7(14)6(9(12)13)3-5(4)8(10)11/h2-3,14H,1H3,(H,10,11)(H,12,13). The molecule has 0 spiro atoms. The van der Waals surface area contributed by atoms with Crippen molar-refractivity contribution in [1.29, 1.82) is 0 Å². The molecule has 4 nitrogen and oxygen atoms in total. The summed E-state index contributed by atoms with van der Waals surface area (Å²) in [5, 5.41) is 17.5. The summed E-state index contributed by atoms with van der Waals surface area (Å²) in [7, 11) is 0. The van der Waals surface area contributed by atoms with Gasteiger partial charge in [-0.25, -0.2) is 9.59 Å². The number of aryl methyl sites for hydroxylation is 1. The third-order valence-electron chi connectivity index (χ3n) is 1.80. The van der Waals surface area contributed by atoms with Gasteiger partial charge in [-0.3, -0.25) is 0 Å². The van der Waals surface area contributed by atoms with E-state index in [4.69, 9.17) is 10.2 Å². The lowest BCUT2D eigenvalue weighted by molar-refractivity contribution is 0.0693. The van der Waals surface area contributed by atoms with E-state index in [1.54, 1.807) is 6.92 Å². The molecule has 0 fully saturated rings. The Hall–Kier alpha value is -1.49. The number of thiol groups is 1. The molecule has 14 heavy (non-hydrogen) atoms. The van der Waals surface area contributed by atoms with Gasteiger partial charge in [0, 0.05) is 4.90 Å². The highest BCUT2D eigenvalue weighted by atomic mass is 32.1. The van der Waals surface area contributed by atoms with E-state index in [1.165, 1.54) is 6.07 Å². The van der Waals surface area contributed by atoms with Crippen LogP contribution in [0, 0.1) is 6.92 Å². The second kappa shape index (κ2) is 3.71. The maximum atomic E-state index is 10.7. The van der Waals surface area contributed by atoms with Crippen molar-refractivity contribution in [3.05, 3.63) is 28.8 Å². The van der Waals surface area contributed by atoms with Gasteiger partial charge in [-0.2, -0.15) is 0 Å². The fourth-order valence-corrected chi connectivity index (χ4v) is 1.45. The Bertz CT molecular complexity index is 376. The Morgan fingerprint density at radius 2 is 1.64 bits per heavy atom. The summed E-state index contributed by atoms with van der Waals surface area (Å²) in [5.41, 5.74) is 0.379. The molecule has 1 aromatic carbocycles. The van der Waals surface area contributed by atoms with E-state index < -0.39 is 11.9 Å². The van der Waals surface area contributed by atoms with Crippen LogP contribution in [0.15, 0.2) is 17.0 Å². The first-order chi connectivity index (χ1) is 6.43. The Balaban J connectivity index is 3.42. The summed E-state index contributed by atoms with van der Waals surface area (Å²) in [4.78, 5) is 21.6. The second-order valence-electron chi connectivity index (χ2n) is 2.79. The number of hydrogen-bond donors (Lipinski definition) is 3. The molecule has 74 valence electrons. The lowest BCUT2D eigenvalue weighted by Crippen LogP contribution is -2.05. The molecule has 0 aliphatic rings. The van der Waals surface area contributed by atoms with Crippen molar-refractivity contribution in [3.8, 4) is 0 Å². The van der Waals surface area contributed by atoms with Crippen LogP contribution in [0.3, 0.4) is 0 Å². The molecule has 0 saturated heterocycles. The third-order valence-corrected chi connectivity index (χ3v) is 2.17. The molecule has 0 atom stereocenters. The molecule has 0 radical (unpaired) electrons. The van der Waals surface area contributed by atoms with E-state index >= 15 is 0 Å². The molecule has 0 aliphatic heterocycles. The molecule has 5 heteroatoms. The quantitative estimate of drug-likeness (QED) is 0.652. The highest BCUT2D eigenvalue weighted by Gasteiger charge is 2.14. The van der Waals surface area contributed by atoms with Crippen LogP contribution in [0.5, 0.6) is 0 Å². The van der Waals surface area contributed by atoms with Crippen molar-refractivity contribution in [2.75, 3.05) is 0 Å². The van der Waals surface area contributed by atoms with E-state index in [2.05, 4.69) is 12.6 Å². The lowest BCUT2D eigenvalue weighted by Gasteiger charge is -2.05. The van der Waals surface area contributed by atoms with Gasteiger partial charge in [0.25, 0.3) is 0 Å². The van der Waals surface area contributed by atoms with Crippen LogP contribution in [0.1, 0.15) is 26.3 Å². The minimum atomic E-state index is -1.18. The van der Waals surface area contributed by atoms with Gasteiger partial charge in [-0.05, 0) is 24.6 Å². The molecule has 1 aromatic rings. The van der Waals surface area contributed by atoms with E-state index in [1.807, 2.05) is 0 Å². The largest absolute Gasteiger partial charge is 0.478 e. The normalized spacial score (nSPS) is 9.86. The summed E-state index contributed by atoms with van der Waals surface area (Å²) in [6.07, 6.45) is 0. The van der Waals surface area contributed by atoms with E-state index in [-0.39, 0.29) is 16.0 Å². The SMILES string of the molecule is Cc1cc(S)c(C(=O)O)cc1C(=O)O. The number of rotatable bonds is 2. The van der Waals surface area contributed by atoms with Crippen LogP contribution < -0.4 is 0 Å². The average molecular weight is 212 g/mol. The van der Waals surface area contributed by atoms with Gasteiger partial charge in [0.15, 0.2) is 0 Å². The van der Waals surface area contributed by atoms with Crippen LogP contribution in [-0.4, -0.2) is 22.2 Å². The van der Waals surface area contributed by atoms with Crippen molar-refractivity contribution in [2.45, 2.75) is 11.8 Å². The minimum Gasteiger partial charge on any atom is -0.478 e. The molecule has 1 rings (SSSR count). The van der Waals surface area contributed by atoms with Gasteiger partial charge < -0.3 is 10.2 Å². The predicted octanol–water partition coefficient (Wildman–Crippen LogP) is 1.68. The lowest BCUT2D eigenvalue weighted by atomic mass is 10.1. The second-order valence-corrected chi connectivity index (χ2v) is 3.28. The number of benzene rings is 1. The highest BCUT2D eigenvalue weighted by molar-refractivity contribution is 7.80. The fraction of sp³-hybridized carbons (Fsp3) is 0.111. The number of aromatic carboxylic acids is 2.